The Labute approximate surface area is 211 Å². The molecule has 0 bridgehead atoms. The third-order valence-electron chi connectivity index (χ3n) is 7.87. The average molecular weight is 494 g/mol. The Hall–Kier alpha value is -2.26. The van der Waals surface area contributed by atoms with Gasteiger partial charge in [0.2, 0.25) is 5.95 Å². The number of ether oxygens (including phenoxy) is 1. The second kappa shape index (κ2) is 9.32. The lowest BCUT2D eigenvalue weighted by Gasteiger charge is -2.37. The Morgan fingerprint density at radius 1 is 1.14 bits per heavy atom. The van der Waals surface area contributed by atoms with Crippen molar-refractivity contribution in [3.05, 3.63) is 34.7 Å². The Morgan fingerprint density at radius 2 is 1.94 bits per heavy atom. The Balaban J connectivity index is 1.37. The third-order valence-corrected chi connectivity index (χ3v) is 8.90. The Kier molecular flexibility index (Phi) is 6.16. The van der Waals surface area contributed by atoms with E-state index in [-0.39, 0.29) is 0 Å². The fraction of sp³-hybridized carbons (Fsp3) is 0.556. The molecule has 2 saturated heterocycles. The van der Waals surface area contributed by atoms with Gasteiger partial charge in [-0.1, -0.05) is 12.1 Å². The quantitative estimate of drug-likeness (QED) is 0.553. The number of morpholine rings is 1. The van der Waals surface area contributed by atoms with Crippen molar-refractivity contribution in [2.24, 2.45) is 5.92 Å². The molecule has 0 unspecified atom stereocenters. The number of fused-ring (bicyclic) bond motifs is 2. The van der Waals surface area contributed by atoms with Crippen LogP contribution in [0.15, 0.2) is 23.6 Å². The van der Waals surface area contributed by atoms with Crippen LogP contribution in [0.3, 0.4) is 0 Å². The molecule has 3 aliphatic heterocycles. The first-order valence-corrected chi connectivity index (χ1v) is 13.8. The van der Waals surface area contributed by atoms with Gasteiger partial charge in [-0.25, -0.2) is 9.97 Å². The van der Waals surface area contributed by atoms with Crippen molar-refractivity contribution in [2.45, 2.75) is 45.3 Å². The van der Waals surface area contributed by atoms with Gasteiger partial charge < -0.3 is 20.1 Å². The molecule has 0 saturated carbocycles. The van der Waals surface area contributed by atoms with E-state index in [1.807, 2.05) is 13.8 Å². The molecule has 186 valence electrons. The Bertz CT molecular complexity index is 1210. The summed E-state index contributed by atoms with van der Waals surface area (Å²) < 4.78 is 6.78. The third kappa shape index (κ3) is 4.53. The monoisotopic (exact) mass is 493 g/mol. The van der Waals surface area contributed by atoms with Crippen LogP contribution in [0.4, 0.5) is 11.6 Å². The minimum absolute atomic E-state index is 0.369. The fourth-order valence-electron chi connectivity index (χ4n) is 5.76. The minimum Gasteiger partial charge on any atom is -0.390 e. The number of piperidine rings is 1. The zero-order valence-corrected chi connectivity index (χ0v) is 21.5. The van der Waals surface area contributed by atoms with Crippen molar-refractivity contribution < 1.29 is 9.84 Å². The highest BCUT2D eigenvalue weighted by Crippen LogP contribution is 2.40. The van der Waals surface area contributed by atoms with Crippen molar-refractivity contribution >= 4 is 33.2 Å². The number of thiophene rings is 1. The van der Waals surface area contributed by atoms with E-state index in [4.69, 9.17) is 14.7 Å². The highest BCUT2D eigenvalue weighted by molar-refractivity contribution is 7.17. The maximum atomic E-state index is 10.4. The smallest absolute Gasteiger partial charge is 0.226 e. The number of aromatic nitrogens is 2. The predicted molar refractivity (Wildman–Crippen MR) is 142 cm³/mol. The molecule has 0 spiro atoms. The maximum absolute atomic E-state index is 10.4. The van der Waals surface area contributed by atoms with E-state index in [0.717, 1.165) is 75.7 Å². The van der Waals surface area contributed by atoms with Crippen molar-refractivity contribution in [2.75, 3.05) is 56.2 Å². The van der Waals surface area contributed by atoms with E-state index in [1.54, 1.807) is 11.3 Å². The highest BCUT2D eigenvalue weighted by Gasteiger charge is 2.31. The second-order valence-corrected chi connectivity index (χ2v) is 11.5. The summed E-state index contributed by atoms with van der Waals surface area (Å²) in [4.78, 5) is 15.1. The zero-order valence-electron chi connectivity index (χ0n) is 20.7. The minimum atomic E-state index is -0.596. The number of likely N-dealkylation sites (tertiary alicyclic amines) is 1. The molecular weight excluding hydrogens is 458 g/mol. The van der Waals surface area contributed by atoms with Gasteiger partial charge in [0.1, 0.15) is 0 Å². The van der Waals surface area contributed by atoms with Gasteiger partial charge in [-0.3, -0.25) is 4.90 Å². The number of nitrogens with zero attached hydrogens (tertiary/aromatic N) is 4. The molecule has 0 amide bonds. The van der Waals surface area contributed by atoms with Gasteiger partial charge in [0.15, 0.2) is 0 Å². The zero-order chi connectivity index (χ0) is 24.0. The van der Waals surface area contributed by atoms with Crippen molar-refractivity contribution in [1.29, 1.82) is 0 Å². The summed E-state index contributed by atoms with van der Waals surface area (Å²) >= 11 is 1.77. The van der Waals surface area contributed by atoms with E-state index < -0.39 is 5.60 Å². The number of hydrogen-bond acceptors (Lipinski definition) is 8. The SMILES string of the molecule is CC(C)(O)C1CCN(Cc2csc3c(-c4cccc5c4CCN5)nc(N4CCOCC4)nc23)CC1. The molecule has 35 heavy (non-hydrogen) atoms. The molecule has 0 radical (unpaired) electrons. The summed E-state index contributed by atoms with van der Waals surface area (Å²) in [5.74, 6) is 1.19. The molecule has 6 rings (SSSR count). The van der Waals surface area contributed by atoms with Crippen LogP contribution in [0.1, 0.15) is 37.8 Å². The van der Waals surface area contributed by atoms with Gasteiger partial charge in [-0.2, -0.15) is 0 Å². The van der Waals surface area contributed by atoms with Gasteiger partial charge in [0.05, 0.1) is 34.7 Å². The van der Waals surface area contributed by atoms with Crippen LogP contribution in [0, 0.1) is 5.92 Å². The lowest BCUT2D eigenvalue weighted by molar-refractivity contribution is -0.0135. The molecule has 0 aliphatic carbocycles. The Morgan fingerprint density at radius 3 is 2.71 bits per heavy atom. The van der Waals surface area contributed by atoms with Crippen LogP contribution in [0.5, 0.6) is 0 Å². The van der Waals surface area contributed by atoms with E-state index in [0.29, 0.717) is 19.1 Å². The van der Waals surface area contributed by atoms with Crippen molar-refractivity contribution in [3.8, 4) is 11.3 Å². The molecule has 0 atom stereocenters. The topological polar surface area (TPSA) is 73.8 Å². The summed E-state index contributed by atoms with van der Waals surface area (Å²) in [6.07, 6.45) is 3.10. The molecule has 8 heteroatoms. The highest BCUT2D eigenvalue weighted by atomic mass is 32.1. The molecule has 2 fully saturated rings. The largest absolute Gasteiger partial charge is 0.390 e. The van der Waals surface area contributed by atoms with Crippen LogP contribution in [0.25, 0.3) is 21.5 Å². The van der Waals surface area contributed by atoms with E-state index in [1.165, 1.54) is 27.1 Å². The molecule has 2 N–H and O–H groups in total. The van der Waals surface area contributed by atoms with Gasteiger partial charge in [0.25, 0.3) is 0 Å². The van der Waals surface area contributed by atoms with Crippen LogP contribution in [0.2, 0.25) is 0 Å². The molecule has 3 aromatic rings. The molecule has 5 heterocycles. The van der Waals surface area contributed by atoms with Crippen LogP contribution in [-0.4, -0.2) is 71.5 Å². The van der Waals surface area contributed by atoms with Gasteiger partial charge in [-0.05, 0) is 69.1 Å². The summed E-state index contributed by atoms with van der Waals surface area (Å²) in [6.45, 7) is 10.9. The standard InChI is InChI=1S/C27H35N5O2S/c1-27(2,33)19-7-10-31(11-8-19)16-18-17-35-25-23(18)29-26(32-12-14-34-15-13-32)30-24(25)21-4-3-5-22-20(21)6-9-28-22/h3-5,17,19,28,33H,6-16H2,1-2H3. The molecule has 2 aromatic heterocycles. The lowest BCUT2D eigenvalue weighted by atomic mass is 9.83. The number of hydrogen-bond donors (Lipinski definition) is 2. The molecule has 3 aliphatic rings. The summed E-state index contributed by atoms with van der Waals surface area (Å²) in [7, 11) is 0. The van der Waals surface area contributed by atoms with Crippen LogP contribution >= 0.6 is 11.3 Å². The van der Waals surface area contributed by atoms with Crippen molar-refractivity contribution in [1.82, 2.24) is 14.9 Å². The van der Waals surface area contributed by atoms with Gasteiger partial charge in [-0.15, -0.1) is 11.3 Å². The predicted octanol–water partition coefficient (Wildman–Crippen LogP) is 4.15. The lowest BCUT2D eigenvalue weighted by Crippen LogP contribution is -2.41. The first-order valence-electron chi connectivity index (χ1n) is 12.9. The van der Waals surface area contributed by atoms with Crippen molar-refractivity contribution in [3.63, 3.8) is 0 Å². The van der Waals surface area contributed by atoms with Gasteiger partial charge >= 0.3 is 0 Å². The molecule has 1 aromatic carbocycles. The fourth-order valence-corrected chi connectivity index (χ4v) is 6.76. The first kappa shape index (κ1) is 23.2. The van der Waals surface area contributed by atoms with Crippen LogP contribution < -0.4 is 10.2 Å². The number of rotatable bonds is 5. The second-order valence-electron chi connectivity index (χ2n) is 10.6. The summed E-state index contributed by atoms with van der Waals surface area (Å²) in [6, 6.07) is 6.53. The van der Waals surface area contributed by atoms with E-state index in [2.05, 4.69) is 38.7 Å². The summed E-state index contributed by atoms with van der Waals surface area (Å²) in [5, 5.41) is 16.2. The summed E-state index contributed by atoms with van der Waals surface area (Å²) in [5.41, 5.74) is 6.67. The van der Waals surface area contributed by atoms with Crippen LogP contribution in [-0.2, 0) is 17.7 Å². The molecular formula is C27H35N5O2S. The number of nitrogens with one attached hydrogen (secondary N) is 1. The average Bonchev–Trinajstić information content (AvgIpc) is 3.51. The van der Waals surface area contributed by atoms with E-state index >= 15 is 0 Å². The first-order chi connectivity index (χ1) is 17.0. The van der Waals surface area contributed by atoms with Gasteiger partial charge in [0, 0.05) is 43.0 Å². The number of aliphatic hydroxyl groups is 1. The maximum Gasteiger partial charge on any atom is 0.226 e. The molecule has 7 nitrogen and oxygen atoms in total. The normalized spacial score (nSPS) is 19.8. The number of anilines is 2. The number of benzene rings is 1. The van der Waals surface area contributed by atoms with E-state index in [9.17, 15) is 5.11 Å².